The number of carbonyl (C=O) groups excluding carboxylic acids is 2. The summed E-state index contributed by atoms with van der Waals surface area (Å²) < 4.78 is 5.33. The van der Waals surface area contributed by atoms with Crippen LogP contribution >= 0.6 is 0 Å². The lowest BCUT2D eigenvalue weighted by Gasteiger charge is -2.35. The number of rotatable bonds is 4. The molecule has 2 atom stereocenters. The summed E-state index contributed by atoms with van der Waals surface area (Å²) in [4.78, 5) is 31.7. The quantitative estimate of drug-likeness (QED) is 0.821. The highest BCUT2D eigenvalue weighted by Gasteiger charge is 2.40. The number of nitrogens with zero attached hydrogens (tertiary/aromatic N) is 3. The number of hydrogen-bond acceptors (Lipinski definition) is 4. The van der Waals surface area contributed by atoms with Crippen LogP contribution in [0, 0.1) is 0 Å². The third-order valence-electron chi connectivity index (χ3n) is 5.01. The number of likely N-dealkylation sites (tertiary alicyclic amines) is 1. The average molecular weight is 345 g/mol. The van der Waals surface area contributed by atoms with Gasteiger partial charge in [-0.1, -0.05) is 30.3 Å². The Labute approximate surface area is 149 Å². The van der Waals surface area contributed by atoms with Gasteiger partial charge >= 0.3 is 0 Å². The molecule has 2 amide bonds. The predicted octanol–water partition coefficient (Wildman–Crippen LogP) is 1.14. The molecule has 2 heterocycles. The summed E-state index contributed by atoms with van der Waals surface area (Å²) in [5.74, 6) is 0.0834. The molecule has 136 valence electrons. The molecule has 0 bridgehead atoms. The minimum atomic E-state index is -0.362. The normalized spacial score (nSPS) is 22.3. The Bertz CT molecular complexity index is 599. The zero-order chi connectivity index (χ0) is 17.8. The van der Waals surface area contributed by atoms with Crippen molar-refractivity contribution in [1.29, 1.82) is 0 Å². The monoisotopic (exact) mass is 345 g/mol. The van der Waals surface area contributed by atoms with E-state index in [-0.39, 0.29) is 23.9 Å². The molecule has 0 spiro atoms. The van der Waals surface area contributed by atoms with Crippen molar-refractivity contribution in [2.75, 3.05) is 46.9 Å². The van der Waals surface area contributed by atoms with E-state index in [1.165, 1.54) is 0 Å². The SMILES string of the molecule is CN(C)C(C(=O)N1CCCC1C(=O)N1CCOCC1)c1ccccc1. The highest BCUT2D eigenvalue weighted by molar-refractivity contribution is 5.91. The third kappa shape index (κ3) is 3.85. The molecule has 0 aromatic heterocycles. The summed E-state index contributed by atoms with van der Waals surface area (Å²) in [5, 5.41) is 0. The first kappa shape index (κ1) is 17.9. The standard InChI is InChI=1S/C19H27N3O3/c1-20(2)17(15-7-4-3-5-8-15)19(24)22-10-6-9-16(22)18(23)21-11-13-25-14-12-21/h3-5,7-8,16-17H,6,9-14H2,1-2H3. The minimum Gasteiger partial charge on any atom is -0.378 e. The van der Waals surface area contributed by atoms with Gasteiger partial charge < -0.3 is 14.5 Å². The maximum absolute atomic E-state index is 13.3. The maximum Gasteiger partial charge on any atom is 0.245 e. The van der Waals surface area contributed by atoms with Crippen molar-refractivity contribution in [3.63, 3.8) is 0 Å². The van der Waals surface area contributed by atoms with Crippen LogP contribution in [-0.4, -0.2) is 79.5 Å². The van der Waals surface area contributed by atoms with Crippen LogP contribution in [-0.2, 0) is 14.3 Å². The van der Waals surface area contributed by atoms with Crippen LogP contribution in [0.25, 0.3) is 0 Å². The first-order chi connectivity index (χ1) is 12.1. The summed E-state index contributed by atoms with van der Waals surface area (Å²) in [6.07, 6.45) is 1.62. The van der Waals surface area contributed by atoms with Gasteiger partial charge in [-0.3, -0.25) is 14.5 Å². The van der Waals surface area contributed by atoms with E-state index in [4.69, 9.17) is 4.74 Å². The van der Waals surface area contributed by atoms with Gasteiger partial charge in [0.05, 0.1) is 13.2 Å². The molecular formula is C19H27N3O3. The van der Waals surface area contributed by atoms with Crippen molar-refractivity contribution < 1.29 is 14.3 Å². The number of carbonyl (C=O) groups is 2. The number of ether oxygens (including phenoxy) is 1. The van der Waals surface area contributed by atoms with E-state index in [1.807, 2.05) is 54.2 Å². The van der Waals surface area contributed by atoms with Crippen LogP contribution in [0.1, 0.15) is 24.4 Å². The number of likely N-dealkylation sites (N-methyl/N-ethyl adjacent to an activating group) is 1. The summed E-state index contributed by atoms with van der Waals surface area (Å²) in [6, 6.07) is 9.07. The Balaban J connectivity index is 1.78. The number of benzene rings is 1. The van der Waals surface area contributed by atoms with Gasteiger partial charge in [-0.05, 0) is 32.5 Å². The second-order valence-electron chi connectivity index (χ2n) is 6.90. The Hall–Kier alpha value is -1.92. The van der Waals surface area contributed by atoms with Crippen LogP contribution in [0.2, 0.25) is 0 Å². The summed E-state index contributed by atoms with van der Waals surface area (Å²) in [7, 11) is 3.81. The molecule has 3 rings (SSSR count). The maximum atomic E-state index is 13.3. The zero-order valence-electron chi connectivity index (χ0n) is 15.1. The predicted molar refractivity (Wildman–Crippen MR) is 95.0 cm³/mol. The molecule has 6 heteroatoms. The molecule has 2 aliphatic heterocycles. The van der Waals surface area contributed by atoms with Crippen molar-refractivity contribution >= 4 is 11.8 Å². The molecule has 2 unspecified atom stereocenters. The third-order valence-corrected chi connectivity index (χ3v) is 5.01. The van der Waals surface area contributed by atoms with Gasteiger partial charge in [-0.15, -0.1) is 0 Å². The van der Waals surface area contributed by atoms with Crippen molar-refractivity contribution in [3.8, 4) is 0 Å². The van der Waals surface area contributed by atoms with Gasteiger partial charge in [0.1, 0.15) is 12.1 Å². The Morgan fingerprint density at radius 2 is 1.80 bits per heavy atom. The van der Waals surface area contributed by atoms with Crippen LogP contribution in [0.15, 0.2) is 30.3 Å². The van der Waals surface area contributed by atoms with E-state index in [0.29, 0.717) is 32.8 Å². The molecule has 1 aromatic rings. The van der Waals surface area contributed by atoms with Crippen molar-refractivity contribution in [3.05, 3.63) is 35.9 Å². The van der Waals surface area contributed by atoms with Crippen molar-refractivity contribution in [2.24, 2.45) is 0 Å². The number of amides is 2. The lowest BCUT2D eigenvalue weighted by atomic mass is 10.0. The zero-order valence-corrected chi connectivity index (χ0v) is 15.1. The fourth-order valence-electron chi connectivity index (χ4n) is 3.74. The summed E-state index contributed by atoms with van der Waals surface area (Å²) >= 11 is 0. The Morgan fingerprint density at radius 1 is 1.12 bits per heavy atom. The molecule has 0 radical (unpaired) electrons. The van der Waals surface area contributed by atoms with E-state index in [0.717, 1.165) is 18.4 Å². The lowest BCUT2D eigenvalue weighted by molar-refractivity contribution is -0.148. The van der Waals surface area contributed by atoms with Crippen molar-refractivity contribution in [1.82, 2.24) is 14.7 Å². The molecule has 2 fully saturated rings. The molecular weight excluding hydrogens is 318 g/mol. The summed E-state index contributed by atoms with van der Waals surface area (Å²) in [6.45, 7) is 3.05. The minimum absolute atomic E-state index is 0.0142. The van der Waals surface area contributed by atoms with E-state index in [2.05, 4.69) is 0 Å². The van der Waals surface area contributed by atoms with Gasteiger partial charge in [0.15, 0.2) is 0 Å². The molecule has 6 nitrogen and oxygen atoms in total. The molecule has 2 aliphatic rings. The smallest absolute Gasteiger partial charge is 0.245 e. The van der Waals surface area contributed by atoms with Gasteiger partial charge in [0.2, 0.25) is 11.8 Å². The second-order valence-corrected chi connectivity index (χ2v) is 6.90. The molecule has 2 saturated heterocycles. The van der Waals surface area contributed by atoms with Crippen LogP contribution in [0.3, 0.4) is 0 Å². The van der Waals surface area contributed by atoms with Crippen LogP contribution in [0.5, 0.6) is 0 Å². The molecule has 0 saturated carbocycles. The Morgan fingerprint density at radius 3 is 2.44 bits per heavy atom. The van der Waals surface area contributed by atoms with Gasteiger partial charge in [0.25, 0.3) is 0 Å². The molecule has 1 aromatic carbocycles. The van der Waals surface area contributed by atoms with Gasteiger partial charge in [0, 0.05) is 19.6 Å². The fourth-order valence-corrected chi connectivity index (χ4v) is 3.74. The fraction of sp³-hybridized carbons (Fsp3) is 0.579. The van der Waals surface area contributed by atoms with E-state index < -0.39 is 0 Å². The average Bonchev–Trinajstić information content (AvgIpc) is 3.12. The first-order valence-electron chi connectivity index (χ1n) is 8.98. The summed E-state index contributed by atoms with van der Waals surface area (Å²) in [5.41, 5.74) is 0.960. The van der Waals surface area contributed by atoms with Crippen molar-refractivity contribution in [2.45, 2.75) is 24.9 Å². The van der Waals surface area contributed by atoms with Crippen LogP contribution < -0.4 is 0 Å². The highest BCUT2D eigenvalue weighted by Crippen LogP contribution is 2.27. The van der Waals surface area contributed by atoms with E-state index in [9.17, 15) is 9.59 Å². The lowest BCUT2D eigenvalue weighted by Crippen LogP contribution is -2.52. The first-order valence-corrected chi connectivity index (χ1v) is 8.98. The van der Waals surface area contributed by atoms with Gasteiger partial charge in [-0.2, -0.15) is 0 Å². The highest BCUT2D eigenvalue weighted by atomic mass is 16.5. The molecule has 0 N–H and O–H groups in total. The van der Waals surface area contributed by atoms with Crippen LogP contribution in [0.4, 0.5) is 0 Å². The molecule has 25 heavy (non-hydrogen) atoms. The second kappa shape index (κ2) is 7.97. The number of morpholine rings is 1. The largest absolute Gasteiger partial charge is 0.378 e. The van der Waals surface area contributed by atoms with E-state index >= 15 is 0 Å². The van der Waals surface area contributed by atoms with E-state index in [1.54, 1.807) is 4.90 Å². The number of hydrogen-bond donors (Lipinski definition) is 0. The molecule has 0 aliphatic carbocycles. The Kier molecular flexibility index (Phi) is 5.71. The van der Waals surface area contributed by atoms with Gasteiger partial charge in [-0.25, -0.2) is 0 Å². The topological polar surface area (TPSA) is 53.1 Å².